The van der Waals surface area contributed by atoms with Gasteiger partial charge in [0.15, 0.2) is 0 Å². The highest BCUT2D eigenvalue weighted by Gasteiger charge is 2.24. The highest BCUT2D eigenvalue weighted by atomic mass is 35.5. The molecule has 1 fully saturated rings. The van der Waals surface area contributed by atoms with Gasteiger partial charge >= 0.3 is 0 Å². The van der Waals surface area contributed by atoms with Gasteiger partial charge in [0.1, 0.15) is 5.69 Å². The molecular formula is C21H19ClN4O2. The van der Waals surface area contributed by atoms with Crippen LogP contribution < -0.4 is 10.5 Å². The van der Waals surface area contributed by atoms with Crippen molar-refractivity contribution < 1.29 is 4.79 Å². The van der Waals surface area contributed by atoms with Gasteiger partial charge in [-0.15, -0.1) is 0 Å². The van der Waals surface area contributed by atoms with Gasteiger partial charge in [-0.3, -0.25) is 9.59 Å². The van der Waals surface area contributed by atoms with Crippen molar-refractivity contribution in [3.63, 3.8) is 0 Å². The molecule has 7 heteroatoms. The lowest BCUT2D eigenvalue weighted by Crippen LogP contribution is -2.49. The summed E-state index contributed by atoms with van der Waals surface area (Å²) in [5.41, 5.74) is 1.60. The highest BCUT2D eigenvalue weighted by molar-refractivity contribution is 6.33. The topological polar surface area (TPSA) is 58.4 Å². The van der Waals surface area contributed by atoms with Gasteiger partial charge < -0.3 is 9.80 Å². The minimum atomic E-state index is -0.272. The number of rotatable bonds is 3. The van der Waals surface area contributed by atoms with E-state index in [9.17, 15) is 9.59 Å². The summed E-state index contributed by atoms with van der Waals surface area (Å²) in [7, 11) is 0. The van der Waals surface area contributed by atoms with E-state index in [0.717, 1.165) is 5.69 Å². The Morgan fingerprint density at radius 2 is 1.54 bits per heavy atom. The van der Waals surface area contributed by atoms with Crippen LogP contribution in [0.15, 0.2) is 71.5 Å². The number of carbonyl (C=O) groups is 1. The number of nitrogens with zero attached hydrogens (tertiary/aromatic N) is 4. The predicted octanol–water partition coefficient (Wildman–Crippen LogP) is 2.85. The monoisotopic (exact) mass is 394 g/mol. The van der Waals surface area contributed by atoms with Crippen molar-refractivity contribution >= 4 is 23.2 Å². The summed E-state index contributed by atoms with van der Waals surface area (Å²) in [6, 6.07) is 19.7. The molecule has 1 amide bonds. The minimum Gasteiger partial charge on any atom is -0.367 e. The molecule has 3 aromatic rings. The van der Waals surface area contributed by atoms with E-state index in [4.69, 9.17) is 11.6 Å². The Hall–Kier alpha value is -3.12. The van der Waals surface area contributed by atoms with Crippen molar-refractivity contribution in [2.75, 3.05) is 31.1 Å². The van der Waals surface area contributed by atoms with Gasteiger partial charge in [0.25, 0.3) is 11.5 Å². The predicted molar refractivity (Wildman–Crippen MR) is 109 cm³/mol. The molecule has 0 N–H and O–H groups in total. The maximum absolute atomic E-state index is 12.9. The molecule has 28 heavy (non-hydrogen) atoms. The molecule has 1 saturated heterocycles. The Balaban J connectivity index is 1.50. The highest BCUT2D eigenvalue weighted by Crippen LogP contribution is 2.26. The van der Waals surface area contributed by atoms with E-state index in [1.807, 2.05) is 42.5 Å². The second kappa shape index (κ2) is 7.86. The second-order valence-corrected chi connectivity index (χ2v) is 6.94. The van der Waals surface area contributed by atoms with Crippen molar-refractivity contribution in [3.05, 3.63) is 87.8 Å². The quantitative estimate of drug-likeness (QED) is 0.685. The van der Waals surface area contributed by atoms with Gasteiger partial charge in [-0.2, -0.15) is 9.78 Å². The summed E-state index contributed by atoms with van der Waals surface area (Å²) in [5, 5.41) is 4.99. The van der Waals surface area contributed by atoms with E-state index in [1.165, 1.54) is 16.8 Å². The zero-order chi connectivity index (χ0) is 19.5. The first kappa shape index (κ1) is 18.3. The molecule has 0 radical (unpaired) electrons. The third-order valence-electron chi connectivity index (χ3n) is 4.78. The van der Waals surface area contributed by atoms with Crippen LogP contribution in [0.3, 0.4) is 0 Å². The summed E-state index contributed by atoms with van der Waals surface area (Å²) < 4.78 is 1.26. The lowest BCUT2D eigenvalue weighted by molar-refractivity contribution is 0.0739. The number of benzene rings is 2. The molecule has 0 atom stereocenters. The average Bonchev–Trinajstić information content (AvgIpc) is 2.75. The van der Waals surface area contributed by atoms with Crippen LogP contribution >= 0.6 is 11.6 Å². The average molecular weight is 395 g/mol. The number of piperazine rings is 1. The van der Waals surface area contributed by atoms with Crippen molar-refractivity contribution in [1.29, 1.82) is 0 Å². The number of halogens is 1. The summed E-state index contributed by atoms with van der Waals surface area (Å²) in [4.78, 5) is 29.0. The maximum Gasteiger partial charge on any atom is 0.274 e. The molecule has 1 aliphatic heterocycles. The second-order valence-electron chi connectivity index (χ2n) is 6.53. The molecule has 0 unspecified atom stereocenters. The lowest BCUT2D eigenvalue weighted by atomic mass is 10.2. The Morgan fingerprint density at radius 1 is 0.857 bits per heavy atom. The molecule has 4 rings (SSSR count). The van der Waals surface area contributed by atoms with Crippen molar-refractivity contribution in [2.45, 2.75) is 0 Å². The lowest BCUT2D eigenvalue weighted by Gasteiger charge is -2.36. The fourth-order valence-electron chi connectivity index (χ4n) is 3.30. The molecular weight excluding hydrogens is 376 g/mol. The van der Waals surface area contributed by atoms with Crippen LogP contribution in [0.2, 0.25) is 5.02 Å². The minimum absolute atomic E-state index is 0.177. The summed E-state index contributed by atoms with van der Waals surface area (Å²) >= 11 is 6.28. The molecule has 0 saturated carbocycles. The normalized spacial score (nSPS) is 14.2. The third-order valence-corrected chi connectivity index (χ3v) is 5.10. The van der Waals surface area contributed by atoms with E-state index in [2.05, 4.69) is 10.00 Å². The Morgan fingerprint density at radius 3 is 2.25 bits per heavy atom. The Kier molecular flexibility index (Phi) is 5.12. The first-order valence-corrected chi connectivity index (χ1v) is 9.46. The first-order valence-electron chi connectivity index (χ1n) is 9.08. The molecule has 2 aromatic carbocycles. The number of amides is 1. The van der Waals surface area contributed by atoms with E-state index in [-0.39, 0.29) is 17.2 Å². The van der Waals surface area contributed by atoms with Gasteiger partial charge in [-0.25, -0.2) is 0 Å². The number of para-hydroxylation sites is 2. The van der Waals surface area contributed by atoms with Gasteiger partial charge in [0, 0.05) is 32.2 Å². The zero-order valence-corrected chi connectivity index (χ0v) is 15.9. The third kappa shape index (κ3) is 3.64. The van der Waals surface area contributed by atoms with Crippen LogP contribution in [0.25, 0.3) is 5.69 Å². The number of hydrogen-bond acceptors (Lipinski definition) is 4. The number of hydrogen-bond donors (Lipinski definition) is 0. The van der Waals surface area contributed by atoms with Crippen molar-refractivity contribution in [1.82, 2.24) is 14.7 Å². The van der Waals surface area contributed by atoms with Crippen molar-refractivity contribution in [3.8, 4) is 5.69 Å². The van der Waals surface area contributed by atoms with Crippen LogP contribution in [0.1, 0.15) is 10.5 Å². The molecule has 1 aliphatic rings. The van der Waals surface area contributed by atoms with Crippen LogP contribution in [-0.2, 0) is 0 Å². The summed E-state index contributed by atoms with van der Waals surface area (Å²) in [5.74, 6) is -0.177. The van der Waals surface area contributed by atoms with E-state index >= 15 is 0 Å². The Labute approximate surface area is 167 Å². The van der Waals surface area contributed by atoms with E-state index in [1.54, 1.807) is 17.0 Å². The number of carbonyl (C=O) groups excluding carboxylic acids is 1. The Bertz CT molecular complexity index is 1040. The van der Waals surface area contributed by atoms with Gasteiger partial charge in [-0.1, -0.05) is 41.9 Å². The molecule has 142 valence electrons. The molecule has 0 spiro atoms. The van der Waals surface area contributed by atoms with Crippen LogP contribution in [0, 0.1) is 0 Å². The maximum atomic E-state index is 12.9. The smallest absolute Gasteiger partial charge is 0.274 e. The summed E-state index contributed by atoms with van der Waals surface area (Å²) in [6.45, 7) is 2.51. The molecule has 1 aromatic heterocycles. The molecule has 2 heterocycles. The van der Waals surface area contributed by atoms with Crippen LogP contribution in [0.4, 0.5) is 5.69 Å². The number of anilines is 1. The zero-order valence-electron chi connectivity index (χ0n) is 15.2. The largest absolute Gasteiger partial charge is 0.367 e. The molecule has 6 nitrogen and oxygen atoms in total. The van der Waals surface area contributed by atoms with Gasteiger partial charge in [-0.05, 0) is 30.3 Å². The van der Waals surface area contributed by atoms with Crippen LogP contribution in [0.5, 0.6) is 0 Å². The van der Waals surface area contributed by atoms with Gasteiger partial charge in [0.05, 0.1) is 16.4 Å². The summed E-state index contributed by atoms with van der Waals surface area (Å²) in [6.07, 6.45) is 0. The SMILES string of the molecule is O=C(c1ccc(=O)n(-c2ccccc2)n1)N1CCN(c2ccccc2Cl)CC1. The fourth-order valence-corrected chi connectivity index (χ4v) is 3.56. The first-order chi connectivity index (χ1) is 13.6. The van der Waals surface area contributed by atoms with Crippen LogP contribution in [-0.4, -0.2) is 46.8 Å². The fraction of sp³-hybridized carbons (Fsp3) is 0.190. The van der Waals surface area contributed by atoms with Gasteiger partial charge in [0.2, 0.25) is 0 Å². The van der Waals surface area contributed by atoms with E-state index < -0.39 is 0 Å². The standard InChI is InChI=1S/C21H19ClN4O2/c22-17-8-4-5-9-19(17)24-12-14-25(15-13-24)21(28)18-10-11-20(27)26(23-18)16-6-2-1-3-7-16/h1-11H,12-15H2. The molecule has 0 aliphatic carbocycles. The van der Waals surface area contributed by atoms with E-state index in [0.29, 0.717) is 36.9 Å². The van der Waals surface area contributed by atoms with Crippen molar-refractivity contribution in [2.24, 2.45) is 0 Å². The molecule has 0 bridgehead atoms. The number of aromatic nitrogens is 2.